The summed E-state index contributed by atoms with van der Waals surface area (Å²) in [6, 6.07) is 11.5. The minimum absolute atomic E-state index is 0.0566. The van der Waals surface area contributed by atoms with Gasteiger partial charge in [0.15, 0.2) is 0 Å². The third-order valence-corrected chi connectivity index (χ3v) is 6.24. The number of hydrogen-bond donors (Lipinski definition) is 1. The molecule has 2 aromatic rings. The highest BCUT2D eigenvalue weighted by molar-refractivity contribution is 5.79. The van der Waals surface area contributed by atoms with Gasteiger partial charge in [-0.15, -0.1) is 0 Å². The molecule has 1 amide bonds. The molecule has 172 valence electrons. The van der Waals surface area contributed by atoms with Crippen LogP contribution < -0.4 is 15.8 Å². The van der Waals surface area contributed by atoms with Gasteiger partial charge in [-0.1, -0.05) is 30.3 Å². The van der Waals surface area contributed by atoms with Crippen molar-refractivity contribution in [3.8, 4) is 0 Å². The second-order valence-electron chi connectivity index (χ2n) is 8.58. The molecule has 3 heterocycles. The second kappa shape index (κ2) is 11.2. The normalized spacial score (nSPS) is 19.6. The van der Waals surface area contributed by atoms with Crippen LogP contribution in [-0.2, 0) is 16.1 Å². The first-order valence-electron chi connectivity index (χ1n) is 11.6. The van der Waals surface area contributed by atoms with E-state index in [1.165, 1.54) is 4.68 Å². The predicted octanol–water partition coefficient (Wildman–Crippen LogP) is 1.35. The third-order valence-electron chi connectivity index (χ3n) is 6.24. The first-order chi connectivity index (χ1) is 15.7. The molecule has 2 aliphatic heterocycles. The van der Waals surface area contributed by atoms with Gasteiger partial charge in [0.25, 0.3) is 5.56 Å². The monoisotopic (exact) mass is 439 g/mol. The number of nitrogens with zero attached hydrogens (tertiary/aromatic N) is 4. The number of aromatic nitrogens is 2. The molecule has 1 aromatic heterocycles. The molecule has 0 saturated carbocycles. The van der Waals surface area contributed by atoms with Crippen molar-refractivity contribution >= 4 is 11.6 Å². The minimum Gasteiger partial charge on any atom is -0.379 e. The molecule has 1 unspecified atom stereocenters. The molecular formula is C24H33N5O3. The lowest BCUT2D eigenvalue weighted by Gasteiger charge is -2.33. The number of ether oxygens (including phenoxy) is 1. The largest absolute Gasteiger partial charge is 0.379 e. The number of benzene rings is 1. The van der Waals surface area contributed by atoms with E-state index in [2.05, 4.69) is 20.2 Å². The highest BCUT2D eigenvalue weighted by Gasteiger charge is 2.26. The Morgan fingerprint density at radius 2 is 1.97 bits per heavy atom. The third kappa shape index (κ3) is 6.17. The van der Waals surface area contributed by atoms with Gasteiger partial charge in [-0.25, -0.2) is 4.68 Å². The zero-order chi connectivity index (χ0) is 22.2. The van der Waals surface area contributed by atoms with Gasteiger partial charge >= 0.3 is 0 Å². The van der Waals surface area contributed by atoms with Crippen molar-refractivity contribution in [2.75, 3.05) is 57.4 Å². The lowest BCUT2D eigenvalue weighted by Crippen LogP contribution is -2.44. The molecule has 8 heteroatoms. The van der Waals surface area contributed by atoms with Crippen molar-refractivity contribution in [1.29, 1.82) is 0 Å². The van der Waals surface area contributed by atoms with E-state index in [0.717, 1.165) is 69.9 Å². The summed E-state index contributed by atoms with van der Waals surface area (Å²) < 4.78 is 6.84. The number of rotatable bonds is 8. The molecule has 1 N–H and O–H groups in total. The molecule has 2 fully saturated rings. The van der Waals surface area contributed by atoms with E-state index in [4.69, 9.17) is 4.74 Å². The summed E-state index contributed by atoms with van der Waals surface area (Å²) in [4.78, 5) is 29.8. The smallest absolute Gasteiger partial charge is 0.269 e. The Labute approximate surface area is 189 Å². The molecule has 1 aromatic carbocycles. The first-order valence-corrected chi connectivity index (χ1v) is 11.6. The Morgan fingerprint density at radius 3 is 2.75 bits per heavy atom. The number of amides is 1. The van der Waals surface area contributed by atoms with Gasteiger partial charge in [0.2, 0.25) is 5.91 Å². The van der Waals surface area contributed by atoms with E-state index < -0.39 is 0 Å². The maximum Gasteiger partial charge on any atom is 0.269 e. The van der Waals surface area contributed by atoms with Crippen molar-refractivity contribution in [2.45, 2.75) is 25.8 Å². The van der Waals surface area contributed by atoms with Crippen LogP contribution in [0.2, 0.25) is 0 Å². The van der Waals surface area contributed by atoms with E-state index in [1.807, 2.05) is 30.3 Å². The fourth-order valence-corrected chi connectivity index (χ4v) is 4.38. The van der Waals surface area contributed by atoms with Gasteiger partial charge in [-0.05, 0) is 31.4 Å². The Balaban J connectivity index is 1.27. The molecular weight excluding hydrogens is 406 g/mol. The van der Waals surface area contributed by atoms with Crippen LogP contribution in [0.3, 0.4) is 0 Å². The van der Waals surface area contributed by atoms with Crippen molar-refractivity contribution in [3.63, 3.8) is 0 Å². The average Bonchev–Trinajstić information content (AvgIpc) is 2.84. The van der Waals surface area contributed by atoms with Crippen molar-refractivity contribution in [2.24, 2.45) is 5.92 Å². The van der Waals surface area contributed by atoms with Crippen molar-refractivity contribution < 1.29 is 9.53 Å². The summed E-state index contributed by atoms with van der Waals surface area (Å²) in [7, 11) is 0. The number of carbonyl (C=O) groups is 1. The predicted molar refractivity (Wildman–Crippen MR) is 124 cm³/mol. The SMILES string of the molecule is O=C(NCCCN1CCOCC1)C1CCCN(c2cnn(Cc3ccccc3)c(=O)c2)C1. The maximum atomic E-state index is 12.7. The van der Waals surface area contributed by atoms with Gasteiger partial charge in [-0.3, -0.25) is 14.5 Å². The summed E-state index contributed by atoms with van der Waals surface area (Å²) >= 11 is 0. The minimum atomic E-state index is -0.124. The number of piperidine rings is 1. The summed E-state index contributed by atoms with van der Waals surface area (Å²) in [5.74, 6) is 0.0564. The highest BCUT2D eigenvalue weighted by atomic mass is 16.5. The van der Waals surface area contributed by atoms with E-state index in [0.29, 0.717) is 19.6 Å². The average molecular weight is 440 g/mol. The first kappa shape index (κ1) is 22.5. The van der Waals surface area contributed by atoms with Gasteiger partial charge in [0.1, 0.15) is 0 Å². The van der Waals surface area contributed by atoms with E-state index >= 15 is 0 Å². The molecule has 32 heavy (non-hydrogen) atoms. The van der Waals surface area contributed by atoms with Crippen LogP contribution in [0, 0.1) is 5.92 Å². The Kier molecular flexibility index (Phi) is 7.90. The Bertz CT molecular complexity index is 927. The van der Waals surface area contributed by atoms with Crippen LogP contribution >= 0.6 is 0 Å². The number of hydrogen-bond acceptors (Lipinski definition) is 6. The van der Waals surface area contributed by atoms with Gasteiger partial charge in [-0.2, -0.15) is 5.10 Å². The number of anilines is 1. The molecule has 8 nitrogen and oxygen atoms in total. The Hall–Kier alpha value is -2.71. The van der Waals surface area contributed by atoms with E-state index in [9.17, 15) is 9.59 Å². The van der Waals surface area contributed by atoms with Crippen LogP contribution in [-0.4, -0.2) is 73.1 Å². The zero-order valence-electron chi connectivity index (χ0n) is 18.6. The maximum absolute atomic E-state index is 12.7. The summed E-state index contributed by atoms with van der Waals surface area (Å²) in [6.45, 7) is 7.16. The standard InChI is InChI=1S/C24H33N5O3/c30-23-16-22(17-26-29(23)18-20-6-2-1-3-7-20)28-11-4-8-21(19-28)24(31)25-9-5-10-27-12-14-32-15-13-27/h1-3,6-7,16-17,21H,4-5,8-15,18-19H2,(H,25,31). The van der Waals surface area contributed by atoms with Crippen LogP contribution in [0.1, 0.15) is 24.8 Å². The zero-order valence-corrected chi connectivity index (χ0v) is 18.6. The lowest BCUT2D eigenvalue weighted by atomic mass is 9.97. The van der Waals surface area contributed by atoms with Crippen molar-refractivity contribution in [1.82, 2.24) is 20.0 Å². The van der Waals surface area contributed by atoms with Crippen LogP contribution in [0.25, 0.3) is 0 Å². The summed E-state index contributed by atoms with van der Waals surface area (Å²) in [6.07, 6.45) is 4.50. The number of carbonyl (C=O) groups excluding carboxylic acids is 1. The van der Waals surface area contributed by atoms with Gasteiger partial charge in [0.05, 0.1) is 37.6 Å². The van der Waals surface area contributed by atoms with Gasteiger partial charge in [0, 0.05) is 38.8 Å². The molecule has 0 aliphatic carbocycles. The molecule has 4 rings (SSSR count). The van der Waals surface area contributed by atoms with Crippen LogP contribution in [0.15, 0.2) is 47.4 Å². The quantitative estimate of drug-likeness (QED) is 0.626. The highest BCUT2D eigenvalue weighted by Crippen LogP contribution is 2.22. The van der Waals surface area contributed by atoms with Gasteiger partial charge < -0.3 is 15.0 Å². The number of nitrogens with one attached hydrogen (secondary N) is 1. The second-order valence-corrected chi connectivity index (χ2v) is 8.58. The topological polar surface area (TPSA) is 79.7 Å². The Morgan fingerprint density at radius 1 is 1.16 bits per heavy atom. The fourth-order valence-electron chi connectivity index (χ4n) is 4.38. The molecule has 0 radical (unpaired) electrons. The van der Waals surface area contributed by atoms with Crippen molar-refractivity contribution in [3.05, 3.63) is 58.5 Å². The van der Waals surface area contributed by atoms with Crippen LogP contribution in [0.4, 0.5) is 5.69 Å². The van der Waals surface area contributed by atoms with E-state index in [-0.39, 0.29) is 17.4 Å². The molecule has 0 bridgehead atoms. The molecule has 2 saturated heterocycles. The summed E-state index contributed by atoms with van der Waals surface area (Å²) in [5.41, 5.74) is 1.71. The summed E-state index contributed by atoms with van der Waals surface area (Å²) in [5, 5.41) is 7.48. The molecule has 0 spiro atoms. The fraction of sp³-hybridized carbons (Fsp3) is 0.542. The van der Waals surface area contributed by atoms with E-state index in [1.54, 1.807) is 12.3 Å². The molecule has 2 aliphatic rings. The molecule has 1 atom stereocenters. The van der Waals surface area contributed by atoms with Crippen LogP contribution in [0.5, 0.6) is 0 Å². The lowest BCUT2D eigenvalue weighted by molar-refractivity contribution is -0.125. The number of morpholine rings is 1.